The fourth-order valence-corrected chi connectivity index (χ4v) is 2.98. The molecule has 1 atom stereocenters. The second-order valence-electron chi connectivity index (χ2n) is 3.63. The molecule has 8 heteroatoms. The number of aliphatic hydroxyl groups excluding tert-OH is 1. The molecule has 0 aromatic carbocycles. The molecule has 94 valence electrons. The average Bonchev–Trinajstić information content (AvgIpc) is 2.86. The molecule has 1 unspecified atom stereocenters. The lowest BCUT2D eigenvalue weighted by Crippen LogP contribution is -2.35. The molecule has 0 spiro atoms. The van der Waals surface area contributed by atoms with Gasteiger partial charge < -0.3 is 10.0 Å². The van der Waals surface area contributed by atoms with Crippen molar-refractivity contribution >= 4 is 34.3 Å². The van der Waals surface area contributed by atoms with Crippen molar-refractivity contribution < 1.29 is 9.90 Å². The van der Waals surface area contributed by atoms with E-state index in [1.54, 1.807) is 4.90 Å². The highest BCUT2D eigenvalue weighted by Gasteiger charge is 2.38. The van der Waals surface area contributed by atoms with Crippen LogP contribution in [-0.2, 0) is 0 Å². The van der Waals surface area contributed by atoms with Crippen LogP contribution in [-0.4, -0.2) is 51.8 Å². The second kappa shape index (κ2) is 5.19. The minimum Gasteiger partial charge on any atom is -0.371 e. The highest BCUT2D eigenvalue weighted by molar-refractivity contribution is 8.00. The first-order valence-corrected chi connectivity index (χ1v) is 7.35. The van der Waals surface area contributed by atoms with Crippen LogP contribution in [0, 0.1) is 0 Å². The van der Waals surface area contributed by atoms with Crippen molar-refractivity contribution in [2.24, 2.45) is 0 Å². The molecule has 6 nitrogen and oxygen atoms in total. The van der Waals surface area contributed by atoms with Crippen LogP contribution < -0.4 is 4.90 Å². The Morgan fingerprint density at radius 1 is 1.59 bits per heavy atom. The van der Waals surface area contributed by atoms with Gasteiger partial charge in [0, 0.05) is 6.54 Å². The summed E-state index contributed by atoms with van der Waals surface area (Å²) in [5, 5.41) is 18.2. The Bertz CT molecular complexity index is 411. The minimum absolute atomic E-state index is 0.192. The zero-order valence-corrected chi connectivity index (χ0v) is 11.3. The number of rotatable bonds is 4. The van der Waals surface area contributed by atoms with E-state index < -0.39 is 6.23 Å². The van der Waals surface area contributed by atoms with Gasteiger partial charge in [-0.15, -0.1) is 10.2 Å². The van der Waals surface area contributed by atoms with E-state index >= 15 is 0 Å². The zero-order valence-electron chi connectivity index (χ0n) is 9.66. The van der Waals surface area contributed by atoms with E-state index in [9.17, 15) is 9.90 Å². The topological polar surface area (TPSA) is 69.6 Å². The van der Waals surface area contributed by atoms with Crippen molar-refractivity contribution in [3.63, 3.8) is 0 Å². The van der Waals surface area contributed by atoms with Crippen LogP contribution in [0.2, 0.25) is 0 Å². The quantitative estimate of drug-likeness (QED) is 0.660. The third-order valence-electron chi connectivity index (χ3n) is 2.43. The maximum Gasteiger partial charge on any atom is 0.328 e. The summed E-state index contributed by atoms with van der Waals surface area (Å²) in [6.07, 6.45) is 1.95. The summed E-state index contributed by atoms with van der Waals surface area (Å²) in [6.45, 7) is 2.99. The number of amides is 2. The van der Waals surface area contributed by atoms with E-state index in [0.29, 0.717) is 18.2 Å². The van der Waals surface area contributed by atoms with Gasteiger partial charge in [0.1, 0.15) is 0 Å². The standard InChI is InChI=1S/C9H14N4O2S2/c1-3-4-12-5-6(14)13(9(12)15)7-10-11-8(16-2)17-7/h6,14H,3-5H2,1-2H3. The average molecular weight is 274 g/mol. The summed E-state index contributed by atoms with van der Waals surface area (Å²) in [5.74, 6) is 0. The second-order valence-corrected chi connectivity index (χ2v) is 5.64. The number of nitrogens with zero attached hydrogens (tertiary/aromatic N) is 4. The Labute approximate surface area is 108 Å². The molecule has 1 aliphatic rings. The number of carbonyl (C=O) groups is 1. The van der Waals surface area contributed by atoms with E-state index in [-0.39, 0.29) is 6.03 Å². The highest BCUT2D eigenvalue weighted by atomic mass is 32.2. The number of aliphatic hydroxyl groups is 1. The molecule has 2 amide bonds. The summed E-state index contributed by atoms with van der Waals surface area (Å²) in [4.78, 5) is 15.0. The smallest absolute Gasteiger partial charge is 0.328 e. The molecule has 0 radical (unpaired) electrons. The summed E-state index contributed by atoms with van der Waals surface area (Å²) in [6, 6.07) is -0.192. The van der Waals surface area contributed by atoms with E-state index in [1.165, 1.54) is 28.0 Å². The van der Waals surface area contributed by atoms with Crippen LogP contribution in [0.1, 0.15) is 13.3 Å². The molecule has 1 N–H and O–H groups in total. The molecule has 0 bridgehead atoms. The first kappa shape index (κ1) is 12.6. The lowest BCUT2D eigenvalue weighted by Gasteiger charge is -2.15. The van der Waals surface area contributed by atoms with Crippen LogP contribution in [0.3, 0.4) is 0 Å². The number of thioether (sulfide) groups is 1. The molecule has 17 heavy (non-hydrogen) atoms. The molecule has 2 heterocycles. The highest BCUT2D eigenvalue weighted by Crippen LogP contribution is 2.30. The lowest BCUT2D eigenvalue weighted by molar-refractivity contribution is 0.177. The molecule has 2 rings (SSSR count). The predicted octanol–water partition coefficient (Wildman–Crippen LogP) is 1.23. The fraction of sp³-hybridized carbons (Fsp3) is 0.667. The normalized spacial score (nSPS) is 20.4. The molecule has 1 aliphatic heterocycles. The van der Waals surface area contributed by atoms with Crippen molar-refractivity contribution in [2.75, 3.05) is 24.2 Å². The molecule has 0 saturated carbocycles. The Balaban J connectivity index is 2.17. The van der Waals surface area contributed by atoms with Crippen LogP contribution in [0.4, 0.5) is 9.93 Å². The van der Waals surface area contributed by atoms with Crippen LogP contribution in [0.15, 0.2) is 4.34 Å². The van der Waals surface area contributed by atoms with Crippen molar-refractivity contribution in [3.05, 3.63) is 0 Å². The SMILES string of the molecule is CCCN1CC(O)N(c2nnc(SC)s2)C1=O. The van der Waals surface area contributed by atoms with Gasteiger partial charge in [0.15, 0.2) is 10.6 Å². The zero-order chi connectivity index (χ0) is 12.4. The van der Waals surface area contributed by atoms with Gasteiger partial charge in [-0.1, -0.05) is 30.0 Å². The first-order valence-electron chi connectivity index (χ1n) is 5.31. The number of urea groups is 1. The molecule has 1 aromatic rings. The van der Waals surface area contributed by atoms with Gasteiger partial charge in [0.25, 0.3) is 0 Å². The van der Waals surface area contributed by atoms with E-state index in [0.717, 1.165) is 10.8 Å². The number of aromatic nitrogens is 2. The number of hydrogen-bond donors (Lipinski definition) is 1. The summed E-state index contributed by atoms with van der Waals surface area (Å²) < 4.78 is 0.786. The third-order valence-corrected chi connectivity index (χ3v) is 4.33. The first-order chi connectivity index (χ1) is 8.17. The van der Waals surface area contributed by atoms with Gasteiger partial charge in [-0.05, 0) is 12.7 Å². The maximum absolute atomic E-state index is 12.0. The van der Waals surface area contributed by atoms with Gasteiger partial charge in [-0.2, -0.15) is 0 Å². The van der Waals surface area contributed by atoms with Gasteiger partial charge in [0.2, 0.25) is 5.13 Å². The molecule has 0 aliphatic carbocycles. The Morgan fingerprint density at radius 2 is 2.35 bits per heavy atom. The van der Waals surface area contributed by atoms with Gasteiger partial charge in [-0.25, -0.2) is 9.69 Å². The van der Waals surface area contributed by atoms with Gasteiger partial charge in [-0.3, -0.25) is 0 Å². The largest absolute Gasteiger partial charge is 0.371 e. The Hall–Kier alpha value is -0.860. The third kappa shape index (κ3) is 2.38. The van der Waals surface area contributed by atoms with Crippen LogP contribution in [0.5, 0.6) is 0 Å². The number of anilines is 1. The Kier molecular flexibility index (Phi) is 3.85. The van der Waals surface area contributed by atoms with Crippen molar-refractivity contribution in [2.45, 2.75) is 23.9 Å². The van der Waals surface area contributed by atoms with E-state index in [1.807, 2.05) is 13.2 Å². The summed E-state index contributed by atoms with van der Waals surface area (Å²) in [7, 11) is 0. The number of β-amino-alcohol motifs (C(OH)–C–C–N with tert-alkyl or cyclic N) is 1. The number of hydrogen-bond acceptors (Lipinski definition) is 6. The molecule has 1 aromatic heterocycles. The maximum atomic E-state index is 12.0. The monoisotopic (exact) mass is 274 g/mol. The van der Waals surface area contributed by atoms with Crippen LogP contribution >= 0.6 is 23.1 Å². The van der Waals surface area contributed by atoms with E-state index in [4.69, 9.17) is 0 Å². The van der Waals surface area contributed by atoms with Gasteiger partial charge in [0.05, 0.1) is 6.54 Å². The molecule has 1 saturated heterocycles. The number of carbonyl (C=O) groups excluding carboxylic acids is 1. The lowest BCUT2D eigenvalue weighted by atomic mass is 10.4. The van der Waals surface area contributed by atoms with Crippen molar-refractivity contribution in [3.8, 4) is 0 Å². The Morgan fingerprint density at radius 3 is 2.94 bits per heavy atom. The van der Waals surface area contributed by atoms with E-state index in [2.05, 4.69) is 10.2 Å². The molecule has 1 fully saturated rings. The minimum atomic E-state index is -0.822. The summed E-state index contributed by atoms with van der Waals surface area (Å²) in [5.41, 5.74) is 0. The molecular formula is C9H14N4O2S2. The fourth-order valence-electron chi connectivity index (χ4n) is 1.69. The van der Waals surface area contributed by atoms with Crippen LogP contribution in [0.25, 0.3) is 0 Å². The van der Waals surface area contributed by atoms with Crippen molar-refractivity contribution in [1.29, 1.82) is 0 Å². The molecular weight excluding hydrogens is 260 g/mol. The van der Waals surface area contributed by atoms with Gasteiger partial charge >= 0.3 is 6.03 Å². The van der Waals surface area contributed by atoms with Crippen molar-refractivity contribution in [1.82, 2.24) is 15.1 Å². The summed E-state index contributed by atoms with van der Waals surface area (Å²) >= 11 is 2.79. The predicted molar refractivity (Wildman–Crippen MR) is 67.4 cm³/mol.